The number of hydrogen-bond acceptors (Lipinski definition) is 0. The number of alkyl halides is 6. The van der Waals surface area contributed by atoms with Crippen LogP contribution in [0.4, 0.5) is 26.3 Å². The molecule has 0 aromatic heterocycles. The van der Waals surface area contributed by atoms with Crippen LogP contribution >= 0.6 is 17.0 Å². The fourth-order valence-electron chi connectivity index (χ4n) is 8.54. The topological polar surface area (TPSA) is 0 Å². The molecule has 0 saturated carbocycles. The summed E-state index contributed by atoms with van der Waals surface area (Å²) >= 11 is -5.22. The van der Waals surface area contributed by atoms with Crippen molar-refractivity contribution in [3.05, 3.63) is 129 Å². The molecule has 0 spiro atoms. The Hall–Kier alpha value is -2.38. The molecule has 4 aromatic carbocycles. The summed E-state index contributed by atoms with van der Waals surface area (Å²) in [5, 5.41) is 0. The number of halogens is 8. The molecule has 6 rings (SSSR count). The summed E-state index contributed by atoms with van der Waals surface area (Å²) in [5.41, 5.74) is 8.06. The van der Waals surface area contributed by atoms with Crippen LogP contribution in [-0.4, -0.2) is 5.92 Å². The first-order valence-electron chi connectivity index (χ1n) is 17.8. The molecule has 2 aliphatic carbocycles. The summed E-state index contributed by atoms with van der Waals surface area (Å²) in [5.74, 6) is -1.33. The van der Waals surface area contributed by atoms with Crippen molar-refractivity contribution >= 4 is 35.1 Å². The van der Waals surface area contributed by atoms with Gasteiger partial charge in [-0.25, -0.2) is 0 Å². The van der Waals surface area contributed by atoms with Crippen molar-refractivity contribution in [2.75, 3.05) is 0 Å². The molecule has 0 N–H and O–H groups in total. The first-order valence-corrected chi connectivity index (χ1v) is 34.1. The van der Waals surface area contributed by atoms with Gasteiger partial charge in [-0.15, -0.1) is 0 Å². The molecule has 0 saturated heterocycles. The van der Waals surface area contributed by atoms with Crippen LogP contribution in [0.1, 0.15) is 81.2 Å². The third-order valence-corrected chi connectivity index (χ3v) is 62.7. The van der Waals surface area contributed by atoms with E-state index in [2.05, 4.69) is 65.1 Å². The molecule has 0 nitrogen and oxygen atoms in total. The normalized spacial score (nSPS) is 18.4. The van der Waals surface area contributed by atoms with Crippen molar-refractivity contribution in [2.45, 2.75) is 73.2 Å². The minimum absolute atomic E-state index is 0.218. The predicted molar refractivity (Wildman–Crippen MR) is 205 cm³/mol. The molecule has 0 heterocycles. The standard InChI is InChI=1S/2C20H18F3.C2H7Si.2ClH.Zr/c2*1-13(2)10-14-11-16-4-3-5-18(19(16)12-14)15-6-8-17(9-7-15)20(21,22)23;1-3-2;;;/h2*3-9,11-13H,10H2,1-2H3;3H,1-2H3;2*1H;/q;;;;;+2/p-2. The third kappa shape index (κ3) is 7.00. The second-order valence-corrected chi connectivity index (χ2v) is 58.2. The van der Waals surface area contributed by atoms with E-state index in [0.717, 1.165) is 70.5 Å². The molecule has 52 heavy (non-hydrogen) atoms. The summed E-state index contributed by atoms with van der Waals surface area (Å²) < 4.78 is 80.5. The molecular weight excluding hydrogens is 809 g/mol. The zero-order chi connectivity index (χ0) is 38.0. The van der Waals surface area contributed by atoms with Crippen molar-refractivity contribution in [3.63, 3.8) is 0 Å². The SMILES string of the molecule is CC(C)CC1=Cc2c(-c3ccc(C(F)(F)F)cc3)cccc2[CH]1[Zr]([Cl])([Cl])([CH]1C(CC(C)C)=Cc2c(-c3ccc(C(F)(F)F)cc3)cccc21)[SiH](C)C. The Bertz CT molecular complexity index is 1900. The number of benzene rings is 4. The van der Waals surface area contributed by atoms with Gasteiger partial charge in [0.05, 0.1) is 0 Å². The average Bonchev–Trinajstić information content (AvgIpc) is 3.62. The Morgan fingerprint density at radius 2 is 0.923 bits per heavy atom. The molecule has 2 unspecified atom stereocenters. The molecule has 2 atom stereocenters. The van der Waals surface area contributed by atoms with E-state index in [1.165, 1.54) is 35.4 Å². The van der Waals surface area contributed by atoms with Gasteiger partial charge in [-0.1, -0.05) is 0 Å². The van der Waals surface area contributed by atoms with Gasteiger partial charge >= 0.3 is 314 Å². The molecule has 0 fully saturated rings. The molecule has 0 amide bonds. The van der Waals surface area contributed by atoms with Crippen LogP contribution in [0.2, 0.25) is 13.1 Å². The second-order valence-electron chi connectivity index (χ2n) is 15.6. The van der Waals surface area contributed by atoms with Crippen molar-refractivity contribution < 1.29 is 41.9 Å². The minimum atomic E-state index is -5.22. The van der Waals surface area contributed by atoms with Crippen LogP contribution < -0.4 is 0 Å². The van der Waals surface area contributed by atoms with Gasteiger partial charge in [-0.05, 0) is 0 Å². The molecule has 2 aliphatic rings. The van der Waals surface area contributed by atoms with Gasteiger partial charge in [0.1, 0.15) is 0 Å². The van der Waals surface area contributed by atoms with Crippen LogP contribution in [0.25, 0.3) is 34.4 Å². The van der Waals surface area contributed by atoms with E-state index >= 15 is 0 Å². The van der Waals surface area contributed by atoms with Crippen LogP contribution in [0, 0.1) is 11.8 Å². The number of fused-ring (bicyclic) bond motifs is 2. The summed E-state index contributed by atoms with van der Waals surface area (Å²) in [7, 11) is 17.2. The molecule has 4 aromatic rings. The van der Waals surface area contributed by atoms with E-state index in [1.807, 2.05) is 24.3 Å². The molecule has 0 radical (unpaired) electrons. The first kappa shape index (κ1) is 39.3. The van der Waals surface area contributed by atoms with Crippen molar-refractivity contribution in [2.24, 2.45) is 11.8 Å². The van der Waals surface area contributed by atoms with Crippen LogP contribution in [0.3, 0.4) is 0 Å². The van der Waals surface area contributed by atoms with Crippen molar-refractivity contribution in [1.29, 1.82) is 0 Å². The van der Waals surface area contributed by atoms with E-state index in [9.17, 15) is 26.3 Å². The maximum atomic E-state index is 13.5. The van der Waals surface area contributed by atoms with Crippen molar-refractivity contribution in [1.82, 2.24) is 0 Å². The van der Waals surface area contributed by atoms with Gasteiger partial charge in [0.2, 0.25) is 0 Å². The van der Waals surface area contributed by atoms with Gasteiger partial charge in [0, 0.05) is 0 Å². The Labute approximate surface area is 311 Å². The number of allylic oxidation sites excluding steroid dienone is 2. The van der Waals surface area contributed by atoms with Gasteiger partial charge in [0.15, 0.2) is 0 Å². The predicted octanol–water partition coefficient (Wildman–Crippen LogP) is 14.7. The zero-order valence-electron chi connectivity index (χ0n) is 30.1. The summed E-state index contributed by atoms with van der Waals surface area (Å²) in [4.78, 5) is 0. The Balaban J connectivity index is 1.56. The fraction of sp³-hybridized carbons (Fsp3) is 0.333. The average molecular weight is 852 g/mol. The van der Waals surface area contributed by atoms with Crippen molar-refractivity contribution in [3.8, 4) is 22.3 Å². The monoisotopic (exact) mass is 849 g/mol. The quantitative estimate of drug-likeness (QED) is 0.116. The second kappa shape index (κ2) is 14.0. The van der Waals surface area contributed by atoms with E-state index < -0.39 is 45.0 Å². The van der Waals surface area contributed by atoms with E-state index in [4.69, 9.17) is 17.0 Å². The number of hydrogen-bond donors (Lipinski definition) is 0. The van der Waals surface area contributed by atoms with E-state index in [0.29, 0.717) is 23.0 Å². The third-order valence-electron chi connectivity index (χ3n) is 10.8. The summed E-state index contributed by atoms with van der Waals surface area (Å²) in [6.07, 6.45) is -2.91. The first-order chi connectivity index (χ1) is 24.2. The maximum absolute atomic E-state index is 13.5. The summed E-state index contributed by atoms with van der Waals surface area (Å²) in [6.45, 7) is 13.2. The van der Waals surface area contributed by atoms with Gasteiger partial charge < -0.3 is 0 Å². The van der Waals surface area contributed by atoms with Crippen LogP contribution in [0.5, 0.6) is 0 Å². The Morgan fingerprint density at radius 1 is 0.577 bits per heavy atom. The van der Waals surface area contributed by atoms with Gasteiger partial charge in [0.25, 0.3) is 0 Å². The molecule has 0 aliphatic heterocycles. The van der Waals surface area contributed by atoms with Gasteiger partial charge in [-0.2, -0.15) is 0 Å². The van der Waals surface area contributed by atoms with E-state index in [-0.39, 0.29) is 7.25 Å². The molecule has 275 valence electrons. The van der Waals surface area contributed by atoms with Crippen LogP contribution in [0.15, 0.2) is 96.1 Å². The van der Waals surface area contributed by atoms with Gasteiger partial charge in [-0.3, -0.25) is 0 Å². The van der Waals surface area contributed by atoms with Crippen LogP contribution in [-0.2, 0) is 27.9 Å². The van der Waals surface area contributed by atoms with E-state index in [1.54, 1.807) is 0 Å². The number of rotatable bonds is 9. The Morgan fingerprint density at radius 3 is 1.21 bits per heavy atom. The molecule has 10 heteroatoms. The summed E-state index contributed by atoms with van der Waals surface area (Å²) in [6, 6.07) is 22.7. The molecule has 0 bridgehead atoms. The molecular formula is C42H43Cl2F6SiZr. The zero-order valence-corrected chi connectivity index (χ0v) is 35.2. The fourth-order valence-corrected chi connectivity index (χ4v) is 39.9. The Kier molecular flexibility index (Phi) is 10.6.